The summed E-state index contributed by atoms with van der Waals surface area (Å²) in [5, 5.41) is 5.23. The molecule has 0 aliphatic rings. The second-order valence-electron chi connectivity index (χ2n) is 2.36. The van der Waals surface area contributed by atoms with Gasteiger partial charge >= 0.3 is 4.96 Å². The molecule has 0 radical (unpaired) electrons. The monoisotopic (exact) mass is 252 g/mol. The predicted octanol–water partition coefficient (Wildman–Crippen LogP) is -3.54. The average molecular weight is 253 g/mol. The van der Waals surface area contributed by atoms with Gasteiger partial charge in [-0.2, -0.15) is 14.0 Å². The maximum atomic E-state index is 8.60. The first-order valence-corrected chi connectivity index (χ1v) is 5.67. The van der Waals surface area contributed by atoms with Crippen LogP contribution in [0.15, 0.2) is 18.5 Å². The van der Waals surface area contributed by atoms with Crippen LogP contribution in [0.5, 0.6) is 0 Å². The van der Waals surface area contributed by atoms with E-state index in [1.807, 2.05) is 19.2 Å². The zero-order valence-corrected chi connectivity index (χ0v) is 9.10. The quantitative estimate of drug-likeness (QED) is 0.485. The van der Waals surface area contributed by atoms with Crippen LogP contribution in [-0.2, 0) is 0 Å². The zero-order valence-electron chi connectivity index (χ0n) is 7.53. The summed E-state index contributed by atoms with van der Waals surface area (Å²) in [4.78, 5) is 5.07. The Morgan fingerprint density at radius 3 is 2.60 bits per heavy atom. The third-order valence-corrected chi connectivity index (χ3v) is 2.03. The van der Waals surface area contributed by atoms with Gasteiger partial charge in [0.1, 0.15) is 17.4 Å². The Balaban J connectivity index is 0.000000195. The molecule has 0 aromatic carbocycles. The molecule has 0 unspecified atom stereocenters. The van der Waals surface area contributed by atoms with Gasteiger partial charge in [-0.3, -0.25) is 0 Å². The molecule has 0 saturated heterocycles. The Hall–Kier alpha value is -0.900. The van der Waals surface area contributed by atoms with E-state index in [2.05, 4.69) is 10.1 Å². The summed E-state index contributed by atoms with van der Waals surface area (Å²) in [5.41, 5.74) is 0. The summed E-state index contributed by atoms with van der Waals surface area (Å²) in [6.45, 7) is 1.97. The van der Waals surface area contributed by atoms with Crippen LogP contribution in [-0.4, -0.2) is 14.7 Å². The normalized spacial score (nSPS) is 11.0. The van der Waals surface area contributed by atoms with Crippen LogP contribution in [0, 0.1) is 17.2 Å². The van der Waals surface area contributed by atoms with E-state index in [-0.39, 0.29) is 0 Å². The molecule has 7 nitrogen and oxygen atoms in total. The maximum Gasteiger partial charge on any atom is 0.409 e. The fraction of sp³-hybridized carbons (Fsp3) is 0.167. The van der Waals surface area contributed by atoms with Gasteiger partial charge in [0.15, 0.2) is 0 Å². The zero-order chi connectivity index (χ0) is 11.5. The number of fused-ring (bicyclic) bond motifs is 1. The van der Waals surface area contributed by atoms with E-state index < -0.39 is 10.2 Å². The van der Waals surface area contributed by atoms with Crippen molar-refractivity contribution in [3.8, 4) is 0 Å². The topological polar surface area (TPSA) is 119 Å². The number of halogens is 1. The summed E-state index contributed by atoms with van der Waals surface area (Å²) >= 11 is 1.59. The van der Waals surface area contributed by atoms with Gasteiger partial charge in [-0.25, -0.2) is 0 Å². The fourth-order valence-corrected chi connectivity index (χ4v) is 1.50. The molecule has 0 aliphatic heterocycles. The first-order valence-electron chi connectivity index (χ1n) is 3.59. The molecule has 0 amide bonds. The Kier molecular flexibility index (Phi) is 3.85. The van der Waals surface area contributed by atoms with Crippen LogP contribution < -0.4 is 18.5 Å². The number of rotatable bonds is 0. The molecule has 2 aromatic heterocycles. The highest BCUT2D eigenvalue weighted by Gasteiger charge is 2.05. The smallest absolute Gasteiger partial charge is 0.183 e. The summed E-state index contributed by atoms with van der Waals surface area (Å²) in [7, 11) is -4.69. The molecule has 82 valence electrons. The third-order valence-electron chi connectivity index (χ3n) is 1.18. The second kappa shape index (κ2) is 4.75. The molecule has 2 heterocycles. The summed E-state index contributed by atoms with van der Waals surface area (Å²) in [6, 6.07) is 1.87. The molecule has 2 aromatic rings. The van der Waals surface area contributed by atoms with E-state index in [1.54, 1.807) is 22.0 Å². The minimum atomic E-state index is -4.69. The van der Waals surface area contributed by atoms with Crippen LogP contribution in [0.3, 0.4) is 0 Å². The first-order chi connectivity index (χ1) is 6.86. The molecule has 15 heavy (non-hydrogen) atoms. The van der Waals surface area contributed by atoms with E-state index in [9.17, 15) is 0 Å². The molecule has 1 N–H and O–H groups in total. The maximum absolute atomic E-state index is 8.60. The van der Waals surface area contributed by atoms with Crippen LogP contribution in [0.1, 0.15) is 5.01 Å². The standard InChI is InChI=1S/C6H6N3S.ClHO4/c1-5-8-9-4-2-3-7-6(9)10-5;2-1(3,4)5/h2-4H,1H3;(H,2,3,4,5)/q+1;. The first kappa shape index (κ1) is 12.2. The van der Waals surface area contributed by atoms with Crippen LogP contribution in [0.2, 0.25) is 0 Å². The molecule has 0 atom stereocenters. The van der Waals surface area contributed by atoms with Gasteiger partial charge in [-0.05, 0) is 23.2 Å². The lowest BCUT2D eigenvalue weighted by Crippen LogP contribution is -2.58. The fourth-order valence-electron chi connectivity index (χ4n) is 0.803. The van der Waals surface area contributed by atoms with E-state index in [0.717, 1.165) is 9.97 Å². The van der Waals surface area contributed by atoms with Gasteiger partial charge in [-0.15, -0.1) is 0 Å². The molecule has 0 spiro atoms. The van der Waals surface area contributed by atoms with Crippen molar-refractivity contribution < 1.29 is 33.4 Å². The minimum absolute atomic E-state index is 0.944. The SMILES string of the molecule is Cc1n[n+]2cccnc2s1.[O-][Cl+3]([O-])([O-])O. The highest BCUT2D eigenvalue weighted by molar-refractivity contribution is 7.16. The lowest BCUT2D eigenvalue weighted by molar-refractivity contribution is -1.92. The Morgan fingerprint density at radius 1 is 1.47 bits per heavy atom. The molecular weight excluding hydrogens is 246 g/mol. The van der Waals surface area contributed by atoms with Crippen LogP contribution >= 0.6 is 11.3 Å². The molecular formula is C6H7ClN3O4S+. The molecule has 9 heteroatoms. The van der Waals surface area contributed by atoms with E-state index in [4.69, 9.17) is 18.6 Å². The summed E-state index contributed by atoms with van der Waals surface area (Å²) in [5.74, 6) is 0. The Labute approximate surface area is 90.6 Å². The van der Waals surface area contributed by atoms with E-state index >= 15 is 0 Å². The van der Waals surface area contributed by atoms with Crippen molar-refractivity contribution in [2.45, 2.75) is 6.92 Å². The molecule has 0 bridgehead atoms. The molecule has 0 fully saturated rings. The number of hydrogen-bond acceptors (Lipinski definition) is 7. The number of hydrogen-bond donors (Lipinski definition) is 1. The van der Waals surface area contributed by atoms with Crippen molar-refractivity contribution in [3.05, 3.63) is 23.5 Å². The van der Waals surface area contributed by atoms with Crippen molar-refractivity contribution >= 4 is 16.3 Å². The second-order valence-corrected chi connectivity index (χ2v) is 4.32. The number of aromatic nitrogens is 3. The lowest BCUT2D eigenvalue weighted by Gasteiger charge is -2.03. The molecule has 0 aliphatic carbocycles. The minimum Gasteiger partial charge on any atom is -0.183 e. The predicted molar refractivity (Wildman–Crippen MR) is 40.0 cm³/mol. The third kappa shape index (κ3) is 4.93. The van der Waals surface area contributed by atoms with Gasteiger partial charge < -0.3 is 0 Å². The van der Waals surface area contributed by atoms with Gasteiger partial charge in [0.05, 0.1) is 14.9 Å². The van der Waals surface area contributed by atoms with Crippen molar-refractivity contribution in [1.82, 2.24) is 10.1 Å². The summed E-state index contributed by atoms with van der Waals surface area (Å²) < 4.78 is 34.5. The number of nitrogens with zero attached hydrogens (tertiary/aromatic N) is 3. The van der Waals surface area contributed by atoms with Crippen LogP contribution in [0.25, 0.3) is 4.96 Å². The van der Waals surface area contributed by atoms with Gasteiger partial charge in [0.2, 0.25) is 0 Å². The van der Waals surface area contributed by atoms with E-state index in [1.165, 1.54) is 0 Å². The largest absolute Gasteiger partial charge is 0.409 e. The van der Waals surface area contributed by atoms with Crippen molar-refractivity contribution in [1.29, 1.82) is 0 Å². The number of aryl methyl sites for hydroxylation is 1. The Morgan fingerprint density at radius 2 is 2.07 bits per heavy atom. The highest BCUT2D eigenvalue weighted by Crippen LogP contribution is 2.03. The van der Waals surface area contributed by atoms with Crippen LogP contribution in [0.4, 0.5) is 0 Å². The van der Waals surface area contributed by atoms with E-state index in [0.29, 0.717) is 0 Å². The lowest BCUT2D eigenvalue weighted by atomic mass is 10.7. The van der Waals surface area contributed by atoms with Crippen molar-refractivity contribution in [2.24, 2.45) is 0 Å². The average Bonchev–Trinajstić information content (AvgIpc) is 2.40. The summed E-state index contributed by atoms with van der Waals surface area (Å²) in [6.07, 6.45) is 3.67. The molecule has 0 saturated carbocycles. The Bertz CT molecular complexity index is 404. The van der Waals surface area contributed by atoms with Crippen molar-refractivity contribution in [2.75, 3.05) is 0 Å². The van der Waals surface area contributed by atoms with Gasteiger partial charge in [0.25, 0.3) is 0 Å². The van der Waals surface area contributed by atoms with Gasteiger partial charge in [-0.1, -0.05) is 9.61 Å². The van der Waals surface area contributed by atoms with Crippen molar-refractivity contribution in [3.63, 3.8) is 0 Å². The van der Waals surface area contributed by atoms with Gasteiger partial charge in [0, 0.05) is 6.07 Å². The highest BCUT2D eigenvalue weighted by atomic mass is 35.7. The molecule has 2 rings (SSSR count).